The lowest BCUT2D eigenvalue weighted by Gasteiger charge is -2.19. The molecule has 0 aromatic heterocycles. The summed E-state index contributed by atoms with van der Waals surface area (Å²) in [6, 6.07) is 12.3. The number of alkyl halides is 2. The van der Waals surface area contributed by atoms with Gasteiger partial charge in [0.2, 0.25) is 15.7 Å². The number of anilines is 2. The molecule has 5 nitrogen and oxygen atoms in total. The van der Waals surface area contributed by atoms with E-state index in [1.54, 1.807) is 24.1 Å². The monoisotopic (exact) mass is 368 g/mol. The lowest BCUT2D eigenvalue weighted by Crippen LogP contribution is -2.30. The molecule has 0 atom stereocenters. The largest absolute Gasteiger partial charge is 0.365 e. The summed E-state index contributed by atoms with van der Waals surface area (Å²) in [7, 11) is -2.97. The molecule has 0 unspecified atom stereocenters. The summed E-state index contributed by atoms with van der Waals surface area (Å²) in [4.78, 5) is 13.2. The first kappa shape index (κ1) is 18.9. The molecule has 0 heterocycles. The fourth-order valence-corrected chi connectivity index (χ4v) is 2.86. The predicted molar refractivity (Wildman–Crippen MR) is 92.7 cm³/mol. The third-order valence-electron chi connectivity index (χ3n) is 3.56. The molecule has 0 saturated heterocycles. The highest BCUT2D eigenvalue weighted by Crippen LogP contribution is 2.21. The minimum atomic E-state index is -4.62. The van der Waals surface area contributed by atoms with Crippen molar-refractivity contribution in [2.75, 3.05) is 23.8 Å². The third kappa shape index (κ3) is 4.76. The van der Waals surface area contributed by atoms with Gasteiger partial charge in [-0.3, -0.25) is 4.79 Å². The van der Waals surface area contributed by atoms with Gasteiger partial charge in [0.05, 0.1) is 11.4 Å². The van der Waals surface area contributed by atoms with Crippen LogP contribution in [0.2, 0.25) is 0 Å². The van der Waals surface area contributed by atoms with Crippen LogP contribution in [0.4, 0.5) is 20.2 Å². The van der Waals surface area contributed by atoms with Gasteiger partial charge >= 0.3 is 5.76 Å². The van der Waals surface area contributed by atoms with Crippen molar-refractivity contribution in [3.05, 3.63) is 54.1 Å². The van der Waals surface area contributed by atoms with E-state index >= 15 is 0 Å². The lowest BCUT2D eigenvalue weighted by atomic mass is 10.2. The van der Waals surface area contributed by atoms with Crippen molar-refractivity contribution in [3.63, 3.8) is 0 Å². The normalized spacial score (nSPS) is 11.4. The van der Waals surface area contributed by atoms with Crippen LogP contribution >= 0.6 is 0 Å². The van der Waals surface area contributed by atoms with E-state index in [0.29, 0.717) is 11.4 Å². The number of hydrogen-bond acceptors (Lipinski definition) is 4. The Kier molecular flexibility index (Phi) is 5.73. The molecule has 0 aliphatic rings. The van der Waals surface area contributed by atoms with Crippen LogP contribution in [0.5, 0.6) is 0 Å². The summed E-state index contributed by atoms with van der Waals surface area (Å²) in [6.07, 6.45) is 0. The Hall–Kier alpha value is -2.48. The van der Waals surface area contributed by atoms with E-state index in [2.05, 4.69) is 5.32 Å². The van der Waals surface area contributed by atoms with Crippen molar-refractivity contribution in [1.29, 1.82) is 0 Å². The zero-order valence-corrected chi connectivity index (χ0v) is 14.6. The summed E-state index contributed by atoms with van der Waals surface area (Å²) in [6.45, 7) is 1.96. The first-order valence-electron chi connectivity index (χ1n) is 7.40. The molecule has 2 aromatic rings. The number of nitrogens with one attached hydrogen (secondary N) is 1. The number of carbonyl (C=O) groups excluding carboxylic acids is 1. The van der Waals surface area contributed by atoms with Crippen LogP contribution in [0, 0.1) is 6.92 Å². The van der Waals surface area contributed by atoms with Crippen molar-refractivity contribution in [2.24, 2.45) is 0 Å². The van der Waals surface area contributed by atoms with Gasteiger partial charge in [-0.05, 0) is 43.3 Å². The molecule has 1 amide bonds. The average molecular weight is 368 g/mol. The predicted octanol–water partition coefficient (Wildman–Crippen LogP) is 3.07. The highest BCUT2D eigenvalue weighted by Gasteiger charge is 2.26. The molecule has 0 fully saturated rings. The second-order valence-electron chi connectivity index (χ2n) is 5.57. The highest BCUT2D eigenvalue weighted by molar-refractivity contribution is 7.91. The second kappa shape index (κ2) is 7.60. The molecule has 25 heavy (non-hydrogen) atoms. The molecular formula is C17H18F2N2O3S. The minimum absolute atomic E-state index is 0.0226. The van der Waals surface area contributed by atoms with Gasteiger partial charge in [-0.15, -0.1) is 0 Å². The number of aryl methyl sites for hydroxylation is 1. The summed E-state index contributed by atoms with van der Waals surface area (Å²) in [5.74, 6) is -3.72. The molecular weight excluding hydrogens is 350 g/mol. The van der Waals surface area contributed by atoms with Gasteiger partial charge in [-0.2, -0.15) is 8.78 Å². The third-order valence-corrected chi connectivity index (χ3v) is 4.96. The van der Waals surface area contributed by atoms with Gasteiger partial charge < -0.3 is 10.2 Å². The fourth-order valence-electron chi connectivity index (χ4n) is 2.14. The number of benzene rings is 2. The summed E-state index contributed by atoms with van der Waals surface area (Å²) in [5.41, 5.74) is 2.28. The number of halogens is 2. The summed E-state index contributed by atoms with van der Waals surface area (Å²) < 4.78 is 47.8. The maximum Gasteiger partial charge on any atom is 0.341 e. The molecule has 134 valence electrons. The van der Waals surface area contributed by atoms with E-state index in [1.165, 1.54) is 12.1 Å². The molecule has 2 aromatic carbocycles. The number of likely N-dealkylation sites (N-methyl/N-ethyl adjacent to an activating group) is 1. The number of amides is 1. The van der Waals surface area contributed by atoms with E-state index in [-0.39, 0.29) is 12.5 Å². The summed E-state index contributed by atoms with van der Waals surface area (Å²) in [5, 5.41) is 2.74. The van der Waals surface area contributed by atoms with E-state index in [4.69, 9.17) is 0 Å². The van der Waals surface area contributed by atoms with Gasteiger partial charge in [0.25, 0.3) is 0 Å². The lowest BCUT2D eigenvalue weighted by molar-refractivity contribution is -0.114. The Morgan fingerprint density at radius 3 is 2.16 bits per heavy atom. The highest BCUT2D eigenvalue weighted by atomic mass is 32.2. The molecule has 1 N–H and O–H groups in total. The number of sulfone groups is 1. The summed E-state index contributed by atoms with van der Waals surface area (Å²) >= 11 is 0. The molecule has 0 spiro atoms. The van der Waals surface area contributed by atoms with Crippen LogP contribution in [0.15, 0.2) is 53.4 Å². The Morgan fingerprint density at radius 2 is 1.64 bits per heavy atom. The van der Waals surface area contributed by atoms with Crippen LogP contribution in [0.3, 0.4) is 0 Å². The quantitative estimate of drug-likeness (QED) is 0.851. The van der Waals surface area contributed by atoms with Crippen molar-refractivity contribution in [3.8, 4) is 0 Å². The molecule has 2 rings (SSSR count). The molecule has 0 bridgehead atoms. The fraction of sp³-hybridized carbons (Fsp3) is 0.235. The van der Waals surface area contributed by atoms with Crippen molar-refractivity contribution < 1.29 is 22.0 Å². The first-order chi connectivity index (χ1) is 11.7. The van der Waals surface area contributed by atoms with Crippen LogP contribution in [0.25, 0.3) is 0 Å². The van der Waals surface area contributed by atoms with Crippen LogP contribution in [-0.4, -0.2) is 33.7 Å². The number of hydrogen-bond donors (Lipinski definition) is 1. The molecule has 0 saturated carbocycles. The van der Waals surface area contributed by atoms with Crippen molar-refractivity contribution in [1.82, 2.24) is 0 Å². The topological polar surface area (TPSA) is 66.5 Å². The maximum atomic E-state index is 12.5. The van der Waals surface area contributed by atoms with Crippen LogP contribution in [0.1, 0.15) is 5.56 Å². The molecule has 0 aliphatic carbocycles. The van der Waals surface area contributed by atoms with Gasteiger partial charge in [-0.25, -0.2) is 8.42 Å². The van der Waals surface area contributed by atoms with Crippen LogP contribution < -0.4 is 10.2 Å². The Morgan fingerprint density at radius 1 is 1.08 bits per heavy atom. The van der Waals surface area contributed by atoms with E-state index < -0.39 is 20.5 Å². The van der Waals surface area contributed by atoms with Crippen molar-refractivity contribution >= 4 is 27.1 Å². The van der Waals surface area contributed by atoms with Crippen molar-refractivity contribution in [2.45, 2.75) is 17.6 Å². The van der Waals surface area contributed by atoms with Gasteiger partial charge in [0, 0.05) is 18.4 Å². The average Bonchev–Trinajstić information content (AvgIpc) is 2.56. The standard InChI is InChI=1S/C17H18F2N2O3S/c1-12-3-5-13(6-4-12)20-16(22)11-21(2)14-7-9-15(10-8-14)25(23,24)17(18)19/h3-10,17H,11H2,1-2H3,(H,20,22). The molecule has 8 heteroatoms. The Bertz CT molecular complexity index is 835. The molecule has 0 radical (unpaired) electrons. The van der Waals surface area contributed by atoms with Crippen LogP contribution in [-0.2, 0) is 14.6 Å². The van der Waals surface area contributed by atoms with E-state index in [0.717, 1.165) is 17.7 Å². The van der Waals surface area contributed by atoms with Gasteiger partial charge in [0.1, 0.15) is 0 Å². The minimum Gasteiger partial charge on any atom is -0.365 e. The Labute approximate surface area is 145 Å². The number of rotatable bonds is 6. The number of carbonyl (C=O) groups is 1. The number of nitrogens with zero attached hydrogens (tertiary/aromatic N) is 1. The van der Waals surface area contributed by atoms with Gasteiger partial charge in [-0.1, -0.05) is 17.7 Å². The Balaban J connectivity index is 2.02. The zero-order chi connectivity index (χ0) is 18.6. The smallest absolute Gasteiger partial charge is 0.341 e. The van der Waals surface area contributed by atoms with E-state index in [1.807, 2.05) is 19.1 Å². The molecule has 0 aliphatic heterocycles. The first-order valence-corrected chi connectivity index (χ1v) is 8.94. The maximum absolute atomic E-state index is 12.5. The van der Waals surface area contributed by atoms with Gasteiger partial charge in [0.15, 0.2) is 0 Å². The SMILES string of the molecule is Cc1ccc(NC(=O)CN(C)c2ccc(S(=O)(=O)C(F)F)cc2)cc1. The zero-order valence-electron chi connectivity index (χ0n) is 13.7. The van der Waals surface area contributed by atoms with E-state index in [9.17, 15) is 22.0 Å². The second-order valence-corrected chi connectivity index (χ2v) is 7.49.